The smallest absolute Gasteiger partial charge is 0.253 e. The zero-order valence-corrected chi connectivity index (χ0v) is 15.9. The van der Waals surface area contributed by atoms with Gasteiger partial charge in [-0.05, 0) is 49.6 Å². The second-order valence-corrected chi connectivity index (χ2v) is 7.33. The van der Waals surface area contributed by atoms with Gasteiger partial charge in [0.25, 0.3) is 5.91 Å². The molecule has 1 amide bonds. The van der Waals surface area contributed by atoms with Crippen molar-refractivity contribution in [2.75, 3.05) is 13.1 Å². The molecule has 0 unspecified atom stereocenters. The van der Waals surface area contributed by atoms with E-state index in [1.165, 1.54) is 0 Å². The molecule has 0 bridgehead atoms. The molecule has 1 aliphatic rings. The Kier molecular flexibility index (Phi) is 4.92. The zero-order valence-electron chi connectivity index (χ0n) is 15.9. The lowest BCUT2D eigenvalue weighted by Crippen LogP contribution is -2.45. The summed E-state index contributed by atoms with van der Waals surface area (Å²) in [4.78, 5) is 14.8. The predicted octanol–water partition coefficient (Wildman–Crippen LogP) is 3.58. The maximum Gasteiger partial charge on any atom is 0.253 e. The maximum absolute atomic E-state index is 13.0. The summed E-state index contributed by atoms with van der Waals surface area (Å²) in [7, 11) is 0. The number of amides is 1. The van der Waals surface area contributed by atoms with Crippen LogP contribution in [0.5, 0.6) is 0 Å². The summed E-state index contributed by atoms with van der Waals surface area (Å²) < 4.78 is 0. The number of carbonyl (C=O) groups excluding carboxylic acids is 1. The molecule has 2 heterocycles. The largest absolute Gasteiger partial charge is 0.385 e. The Bertz CT molecular complexity index is 963. The van der Waals surface area contributed by atoms with Crippen LogP contribution in [0.1, 0.15) is 34.5 Å². The highest BCUT2D eigenvalue weighted by Crippen LogP contribution is 2.33. The Morgan fingerprint density at radius 2 is 1.71 bits per heavy atom. The number of rotatable bonds is 3. The van der Waals surface area contributed by atoms with Gasteiger partial charge in [-0.15, -0.1) is 0 Å². The van der Waals surface area contributed by atoms with E-state index in [-0.39, 0.29) is 5.91 Å². The van der Waals surface area contributed by atoms with Gasteiger partial charge >= 0.3 is 0 Å². The molecular formula is C23H23N3O2. The summed E-state index contributed by atoms with van der Waals surface area (Å²) >= 11 is 0. The SMILES string of the molecule is Cc1ccc(-c2cccc(C(=O)N3CCC(O)(c4ccccc4)CC3)c2)nn1. The number of nitrogens with zero attached hydrogens (tertiary/aromatic N) is 3. The summed E-state index contributed by atoms with van der Waals surface area (Å²) in [6, 6.07) is 21.0. The Hall–Kier alpha value is -3.05. The van der Waals surface area contributed by atoms with Gasteiger partial charge in [-0.25, -0.2) is 0 Å². The molecule has 0 spiro atoms. The van der Waals surface area contributed by atoms with Gasteiger partial charge in [-0.3, -0.25) is 4.79 Å². The zero-order chi connectivity index (χ0) is 19.6. The summed E-state index contributed by atoms with van der Waals surface area (Å²) in [5.41, 5.74) is 3.16. The monoisotopic (exact) mass is 373 g/mol. The third-order valence-electron chi connectivity index (χ3n) is 5.39. The summed E-state index contributed by atoms with van der Waals surface area (Å²) in [5.74, 6) is -0.0166. The van der Waals surface area contributed by atoms with Crippen LogP contribution in [-0.2, 0) is 5.60 Å². The number of aromatic nitrogens is 2. The Morgan fingerprint density at radius 3 is 2.39 bits per heavy atom. The summed E-state index contributed by atoms with van der Waals surface area (Å²) in [6.07, 6.45) is 1.07. The fourth-order valence-electron chi connectivity index (χ4n) is 3.66. The van der Waals surface area contributed by atoms with E-state index >= 15 is 0 Å². The van der Waals surface area contributed by atoms with Crippen molar-refractivity contribution in [2.24, 2.45) is 0 Å². The minimum atomic E-state index is -0.864. The molecule has 3 aromatic rings. The fraction of sp³-hybridized carbons (Fsp3) is 0.261. The van der Waals surface area contributed by atoms with Crippen molar-refractivity contribution in [3.8, 4) is 11.3 Å². The van der Waals surface area contributed by atoms with Gasteiger partial charge in [0, 0.05) is 24.2 Å². The van der Waals surface area contributed by atoms with E-state index in [1.807, 2.05) is 78.6 Å². The molecule has 1 aliphatic heterocycles. The minimum absolute atomic E-state index is 0.0166. The second kappa shape index (κ2) is 7.52. The van der Waals surface area contributed by atoms with E-state index in [0.717, 1.165) is 22.5 Å². The quantitative estimate of drug-likeness (QED) is 0.762. The Morgan fingerprint density at radius 1 is 0.964 bits per heavy atom. The molecule has 1 saturated heterocycles. The van der Waals surface area contributed by atoms with Crippen LogP contribution in [-0.4, -0.2) is 39.2 Å². The molecule has 5 heteroatoms. The molecule has 28 heavy (non-hydrogen) atoms. The molecule has 0 saturated carbocycles. The number of likely N-dealkylation sites (tertiary alicyclic amines) is 1. The molecule has 0 atom stereocenters. The van der Waals surface area contributed by atoms with Crippen LogP contribution in [0, 0.1) is 6.92 Å². The third kappa shape index (κ3) is 3.66. The van der Waals surface area contributed by atoms with Crippen molar-refractivity contribution in [3.63, 3.8) is 0 Å². The first-order valence-corrected chi connectivity index (χ1v) is 9.53. The molecule has 0 radical (unpaired) electrons. The lowest BCUT2D eigenvalue weighted by molar-refractivity contribution is -0.0211. The fourth-order valence-corrected chi connectivity index (χ4v) is 3.66. The Labute approximate surface area is 164 Å². The average Bonchev–Trinajstić information content (AvgIpc) is 2.75. The first-order chi connectivity index (χ1) is 13.5. The normalized spacial score (nSPS) is 16.0. The lowest BCUT2D eigenvalue weighted by atomic mass is 9.84. The van der Waals surface area contributed by atoms with Crippen LogP contribution in [0.15, 0.2) is 66.7 Å². The van der Waals surface area contributed by atoms with Crippen molar-refractivity contribution < 1.29 is 9.90 Å². The topological polar surface area (TPSA) is 66.3 Å². The first kappa shape index (κ1) is 18.3. The van der Waals surface area contributed by atoms with Crippen LogP contribution in [0.4, 0.5) is 0 Å². The number of hydrogen-bond donors (Lipinski definition) is 1. The van der Waals surface area contributed by atoms with Crippen LogP contribution in [0.3, 0.4) is 0 Å². The highest BCUT2D eigenvalue weighted by Gasteiger charge is 2.35. The van der Waals surface area contributed by atoms with Gasteiger partial charge in [-0.2, -0.15) is 10.2 Å². The van der Waals surface area contributed by atoms with Crippen molar-refractivity contribution >= 4 is 5.91 Å². The summed E-state index contributed by atoms with van der Waals surface area (Å²) in [5, 5.41) is 19.3. The van der Waals surface area contributed by atoms with Gasteiger partial charge in [0.15, 0.2) is 0 Å². The Balaban J connectivity index is 1.49. The highest BCUT2D eigenvalue weighted by atomic mass is 16.3. The molecule has 1 fully saturated rings. The molecule has 4 rings (SSSR count). The van der Waals surface area contributed by atoms with Crippen molar-refractivity contribution in [2.45, 2.75) is 25.4 Å². The lowest BCUT2D eigenvalue weighted by Gasteiger charge is -2.38. The molecule has 0 aliphatic carbocycles. The highest BCUT2D eigenvalue weighted by molar-refractivity contribution is 5.95. The van der Waals surface area contributed by atoms with E-state index in [0.29, 0.717) is 31.5 Å². The first-order valence-electron chi connectivity index (χ1n) is 9.53. The summed E-state index contributed by atoms with van der Waals surface area (Å²) in [6.45, 7) is 2.95. The van der Waals surface area contributed by atoms with Crippen molar-refractivity contribution in [3.05, 3.63) is 83.6 Å². The molecular weight excluding hydrogens is 350 g/mol. The number of aryl methyl sites for hydroxylation is 1. The van der Waals surface area contributed by atoms with Crippen molar-refractivity contribution in [1.29, 1.82) is 0 Å². The van der Waals surface area contributed by atoms with Crippen LogP contribution < -0.4 is 0 Å². The van der Waals surface area contributed by atoms with Gasteiger partial charge in [-0.1, -0.05) is 42.5 Å². The second-order valence-electron chi connectivity index (χ2n) is 7.33. The van der Waals surface area contributed by atoms with Crippen LogP contribution in [0.25, 0.3) is 11.3 Å². The third-order valence-corrected chi connectivity index (χ3v) is 5.39. The molecule has 1 N–H and O–H groups in total. The van der Waals surface area contributed by atoms with E-state index < -0.39 is 5.60 Å². The van der Waals surface area contributed by atoms with E-state index in [9.17, 15) is 9.90 Å². The number of hydrogen-bond acceptors (Lipinski definition) is 4. The molecule has 1 aromatic heterocycles. The maximum atomic E-state index is 13.0. The molecule has 142 valence electrons. The van der Waals surface area contributed by atoms with E-state index in [1.54, 1.807) is 0 Å². The van der Waals surface area contributed by atoms with Crippen LogP contribution in [0.2, 0.25) is 0 Å². The van der Waals surface area contributed by atoms with E-state index in [4.69, 9.17) is 0 Å². The van der Waals surface area contributed by atoms with Gasteiger partial charge in [0.1, 0.15) is 0 Å². The number of aliphatic hydroxyl groups is 1. The predicted molar refractivity (Wildman–Crippen MR) is 108 cm³/mol. The number of piperidine rings is 1. The van der Waals surface area contributed by atoms with Gasteiger partial charge in [0.05, 0.1) is 17.0 Å². The minimum Gasteiger partial charge on any atom is -0.385 e. The van der Waals surface area contributed by atoms with Gasteiger partial charge in [0.2, 0.25) is 0 Å². The van der Waals surface area contributed by atoms with Gasteiger partial charge < -0.3 is 10.0 Å². The molecule has 2 aromatic carbocycles. The number of carbonyl (C=O) groups is 1. The standard InChI is InChI=1S/C23H23N3O2/c1-17-10-11-21(25-24-17)18-6-5-7-19(16-18)22(27)26-14-12-23(28,13-15-26)20-8-3-2-4-9-20/h2-11,16,28H,12-15H2,1H3. The van der Waals surface area contributed by atoms with E-state index in [2.05, 4.69) is 10.2 Å². The van der Waals surface area contributed by atoms with Crippen molar-refractivity contribution in [1.82, 2.24) is 15.1 Å². The number of benzene rings is 2. The average molecular weight is 373 g/mol. The molecule has 5 nitrogen and oxygen atoms in total. The van der Waals surface area contributed by atoms with Crippen LogP contribution >= 0.6 is 0 Å².